The number of hydrogen-bond acceptors (Lipinski definition) is 7. The third-order valence-corrected chi connectivity index (χ3v) is 4.02. The Labute approximate surface area is 160 Å². The molecule has 0 aliphatic heterocycles. The van der Waals surface area contributed by atoms with Crippen LogP contribution in [0.3, 0.4) is 0 Å². The van der Waals surface area contributed by atoms with E-state index in [0.29, 0.717) is 18.1 Å². The minimum absolute atomic E-state index is 0.0166. The SMILES string of the molecule is Cc1ccnc2nc(C(=O)OCc3ccc(OCc4ccccn4)cc3)nn12. The number of rotatable bonds is 6. The number of esters is 1. The maximum atomic E-state index is 12.2. The van der Waals surface area contributed by atoms with Gasteiger partial charge in [0, 0.05) is 18.1 Å². The summed E-state index contributed by atoms with van der Waals surface area (Å²) in [5.41, 5.74) is 2.51. The zero-order chi connectivity index (χ0) is 19.3. The molecule has 1 aromatic carbocycles. The minimum atomic E-state index is -0.597. The summed E-state index contributed by atoms with van der Waals surface area (Å²) in [6.07, 6.45) is 3.34. The van der Waals surface area contributed by atoms with Gasteiger partial charge in [0.1, 0.15) is 19.0 Å². The van der Waals surface area contributed by atoms with E-state index in [4.69, 9.17) is 9.47 Å². The molecule has 0 fully saturated rings. The molecule has 3 aromatic heterocycles. The van der Waals surface area contributed by atoms with E-state index >= 15 is 0 Å². The Bertz CT molecular complexity index is 1090. The molecule has 0 unspecified atom stereocenters. The third-order valence-electron chi connectivity index (χ3n) is 4.02. The normalized spacial score (nSPS) is 10.8. The van der Waals surface area contributed by atoms with Gasteiger partial charge in [-0.1, -0.05) is 18.2 Å². The fourth-order valence-electron chi connectivity index (χ4n) is 2.53. The first kappa shape index (κ1) is 17.6. The zero-order valence-electron chi connectivity index (χ0n) is 15.1. The molecule has 3 heterocycles. The molecule has 8 nitrogen and oxygen atoms in total. The van der Waals surface area contributed by atoms with E-state index in [1.165, 1.54) is 4.52 Å². The quantitative estimate of drug-likeness (QED) is 0.479. The van der Waals surface area contributed by atoms with Crippen molar-refractivity contribution in [3.63, 3.8) is 0 Å². The van der Waals surface area contributed by atoms with Crippen molar-refractivity contribution in [2.24, 2.45) is 0 Å². The second-order valence-electron chi connectivity index (χ2n) is 6.06. The van der Waals surface area contributed by atoms with E-state index in [0.717, 1.165) is 17.0 Å². The largest absolute Gasteiger partial charge is 0.487 e. The van der Waals surface area contributed by atoms with Crippen LogP contribution in [0.25, 0.3) is 5.78 Å². The number of aromatic nitrogens is 5. The fourth-order valence-corrected chi connectivity index (χ4v) is 2.53. The van der Waals surface area contributed by atoms with E-state index in [9.17, 15) is 4.79 Å². The highest BCUT2D eigenvalue weighted by Gasteiger charge is 2.16. The Morgan fingerprint density at radius 2 is 1.86 bits per heavy atom. The van der Waals surface area contributed by atoms with Gasteiger partial charge in [-0.15, -0.1) is 5.10 Å². The van der Waals surface area contributed by atoms with Gasteiger partial charge in [-0.3, -0.25) is 4.98 Å². The maximum absolute atomic E-state index is 12.2. The fraction of sp³-hybridized carbons (Fsp3) is 0.150. The van der Waals surface area contributed by atoms with E-state index in [2.05, 4.69) is 20.1 Å². The smallest absolute Gasteiger partial charge is 0.378 e. The summed E-state index contributed by atoms with van der Waals surface area (Å²) in [5.74, 6) is 0.461. The summed E-state index contributed by atoms with van der Waals surface area (Å²) >= 11 is 0. The highest BCUT2D eigenvalue weighted by Crippen LogP contribution is 2.15. The van der Waals surface area contributed by atoms with Gasteiger partial charge in [0.05, 0.1) is 5.69 Å². The molecular formula is C20H17N5O3. The Morgan fingerprint density at radius 3 is 2.61 bits per heavy atom. The van der Waals surface area contributed by atoms with Crippen LogP contribution >= 0.6 is 0 Å². The third kappa shape index (κ3) is 3.96. The predicted octanol–water partition coefficient (Wildman–Crippen LogP) is 2.76. The Balaban J connectivity index is 1.34. The van der Waals surface area contributed by atoms with Crippen LogP contribution in [0.4, 0.5) is 0 Å². The van der Waals surface area contributed by atoms with Crippen LogP contribution < -0.4 is 4.74 Å². The molecule has 8 heteroatoms. The maximum Gasteiger partial charge on any atom is 0.378 e. The molecule has 4 aromatic rings. The molecule has 0 aliphatic carbocycles. The first-order chi connectivity index (χ1) is 13.7. The highest BCUT2D eigenvalue weighted by atomic mass is 16.5. The number of benzene rings is 1. The van der Waals surface area contributed by atoms with Crippen LogP contribution in [0.15, 0.2) is 60.9 Å². The van der Waals surface area contributed by atoms with Crippen molar-refractivity contribution in [1.82, 2.24) is 24.6 Å². The second-order valence-corrected chi connectivity index (χ2v) is 6.06. The summed E-state index contributed by atoms with van der Waals surface area (Å²) in [6.45, 7) is 2.36. The number of nitrogens with zero attached hydrogens (tertiary/aromatic N) is 5. The van der Waals surface area contributed by atoms with E-state index in [1.54, 1.807) is 18.5 Å². The van der Waals surface area contributed by atoms with Gasteiger partial charge < -0.3 is 9.47 Å². The molecule has 0 saturated carbocycles. The highest BCUT2D eigenvalue weighted by molar-refractivity contribution is 5.85. The number of pyridine rings is 1. The molecule has 0 spiro atoms. The van der Waals surface area contributed by atoms with Crippen molar-refractivity contribution in [3.8, 4) is 5.75 Å². The van der Waals surface area contributed by atoms with Crippen molar-refractivity contribution in [1.29, 1.82) is 0 Å². The monoisotopic (exact) mass is 375 g/mol. The lowest BCUT2D eigenvalue weighted by molar-refractivity contribution is 0.0458. The molecule has 0 N–H and O–H groups in total. The summed E-state index contributed by atoms with van der Waals surface area (Å²) in [4.78, 5) is 24.6. The molecule has 4 rings (SSSR count). The summed E-state index contributed by atoms with van der Waals surface area (Å²) < 4.78 is 12.5. The van der Waals surface area contributed by atoms with Gasteiger partial charge >= 0.3 is 5.97 Å². The first-order valence-corrected chi connectivity index (χ1v) is 8.66. The lowest BCUT2D eigenvalue weighted by Crippen LogP contribution is -2.08. The molecule has 0 aliphatic rings. The average Bonchev–Trinajstić information content (AvgIpc) is 3.18. The lowest BCUT2D eigenvalue weighted by atomic mass is 10.2. The number of ether oxygens (including phenoxy) is 2. The molecular weight excluding hydrogens is 358 g/mol. The molecule has 0 saturated heterocycles. The predicted molar refractivity (Wildman–Crippen MR) is 99.6 cm³/mol. The van der Waals surface area contributed by atoms with Crippen LogP contribution in [-0.2, 0) is 18.0 Å². The van der Waals surface area contributed by atoms with E-state index in [1.807, 2.05) is 49.4 Å². The lowest BCUT2D eigenvalue weighted by Gasteiger charge is -2.07. The van der Waals surface area contributed by atoms with Crippen LogP contribution in [0.2, 0.25) is 0 Å². The number of fused-ring (bicyclic) bond motifs is 1. The van der Waals surface area contributed by atoms with Gasteiger partial charge in [-0.2, -0.15) is 4.98 Å². The Morgan fingerprint density at radius 1 is 1.00 bits per heavy atom. The second kappa shape index (κ2) is 7.83. The van der Waals surface area contributed by atoms with Crippen molar-refractivity contribution in [2.45, 2.75) is 20.1 Å². The summed E-state index contributed by atoms with van der Waals surface area (Å²) in [6, 6.07) is 14.8. The first-order valence-electron chi connectivity index (χ1n) is 8.66. The molecule has 28 heavy (non-hydrogen) atoms. The Kier molecular flexibility index (Phi) is 4.92. The summed E-state index contributed by atoms with van der Waals surface area (Å²) in [5, 5.41) is 4.13. The van der Waals surface area contributed by atoms with Gasteiger partial charge in [0.2, 0.25) is 0 Å². The summed E-state index contributed by atoms with van der Waals surface area (Å²) in [7, 11) is 0. The topological polar surface area (TPSA) is 91.5 Å². The number of carbonyl (C=O) groups is 1. The molecule has 0 radical (unpaired) electrons. The molecule has 0 amide bonds. The van der Waals surface area contributed by atoms with Gasteiger partial charge in [-0.05, 0) is 42.8 Å². The van der Waals surface area contributed by atoms with Crippen molar-refractivity contribution in [3.05, 3.63) is 83.7 Å². The van der Waals surface area contributed by atoms with Gasteiger partial charge in [-0.25, -0.2) is 14.3 Å². The number of hydrogen-bond donors (Lipinski definition) is 0. The molecule has 140 valence electrons. The number of carbonyl (C=O) groups excluding carboxylic acids is 1. The van der Waals surface area contributed by atoms with Crippen LogP contribution in [0.1, 0.15) is 27.6 Å². The molecule has 0 atom stereocenters. The number of aryl methyl sites for hydroxylation is 1. The van der Waals surface area contributed by atoms with E-state index in [-0.39, 0.29) is 12.4 Å². The van der Waals surface area contributed by atoms with Crippen molar-refractivity contribution in [2.75, 3.05) is 0 Å². The van der Waals surface area contributed by atoms with Gasteiger partial charge in [0.15, 0.2) is 0 Å². The van der Waals surface area contributed by atoms with E-state index < -0.39 is 5.97 Å². The van der Waals surface area contributed by atoms with Crippen molar-refractivity contribution < 1.29 is 14.3 Å². The van der Waals surface area contributed by atoms with Crippen LogP contribution in [-0.4, -0.2) is 30.5 Å². The van der Waals surface area contributed by atoms with Crippen molar-refractivity contribution >= 4 is 11.7 Å². The van der Waals surface area contributed by atoms with Crippen LogP contribution in [0, 0.1) is 6.92 Å². The van der Waals surface area contributed by atoms with Crippen LogP contribution in [0.5, 0.6) is 5.75 Å². The Hall–Kier alpha value is -3.81. The average molecular weight is 375 g/mol. The molecule has 0 bridgehead atoms. The minimum Gasteiger partial charge on any atom is -0.487 e. The van der Waals surface area contributed by atoms with Gasteiger partial charge in [0.25, 0.3) is 11.6 Å². The zero-order valence-corrected chi connectivity index (χ0v) is 15.1. The standard InChI is InChI=1S/C20H17N5O3/c1-14-9-11-22-20-23-18(24-25(14)20)19(26)28-12-15-5-7-17(8-6-15)27-13-16-4-2-3-10-21-16/h2-11H,12-13H2,1H3.